The lowest BCUT2D eigenvalue weighted by molar-refractivity contribution is -0.123. The molecule has 0 aliphatic carbocycles. The zero-order valence-corrected chi connectivity index (χ0v) is 15.2. The van der Waals surface area contributed by atoms with E-state index in [9.17, 15) is 4.79 Å². The van der Waals surface area contributed by atoms with Crippen LogP contribution in [0.3, 0.4) is 0 Å². The molecule has 1 N–H and O–H groups in total. The maximum absolute atomic E-state index is 11.8. The molecule has 2 aromatic rings. The molecule has 0 saturated heterocycles. The molecule has 0 bridgehead atoms. The smallest absolute Gasteiger partial charge is 0.277 e. The molecule has 0 radical (unpaired) electrons. The fraction of sp³-hybridized carbons (Fsp3) is 0.211. The molecule has 140 valence electrons. The average Bonchev–Trinajstić information content (AvgIpc) is 2.71. The highest BCUT2D eigenvalue weighted by molar-refractivity contribution is 5.87. The van der Waals surface area contributed by atoms with Gasteiger partial charge in [0.25, 0.3) is 5.91 Å². The minimum Gasteiger partial charge on any atom is -0.493 e. The lowest BCUT2D eigenvalue weighted by Crippen LogP contribution is -2.24. The summed E-state index contributed by atoms with van der Waals surface area (Å²) in [6, 6.07) is 11.9. The number of nitrogens with one attached hydrogen (secondary N) is 1. The molecular weight excluding hydrogens is 350 g/mol. The highest BCUT2D eigenvalue weighted by Gasteiger charge is 2.14. The third-order valence-electron chi connectivity index (χ3n) is 3.48. The standard InChI is InChI=1S/C19H19N3O5/c1-24-16-9-6-14(18(25-2)19(16)26-3)11-21-22-17(23)12-27-15-7-4-13(10-20)5-8-15/h4-9,11H,12H2,1-3H3,(H,22,23)/b21-11-. The first kappa shape index (κ1) is 19.6. The highest BCUT2D eigenvalue weighted by atomic mass is 16.5. The summed E-state index contributed by atoms with van der Waals surface area (Å²) in [5.41, 5.74) is 3.48. The van der Waals surface area contributed by atoms with Gasteiger partial charge in [-0.2, -0.15) is 10.4 Å². The van der Waals surface area contributed by atoms with E-state index in [1.807, 2.05) is 6.07 Å². The Labute approximate surface area is 156 Å². The van der Waals surface area contributed by atoms with Crippen molar-refractivity contribution in [2.45, 2.75) is 0 Å². The van der Waals surface area contributed by atoms with Gasteiger partial charge in [-0.1, -0.05) is 0 Å². The van der Waals surface area contributed by atoms with Crippen LogP contribution in [0.15, 0.2) is 41.5 Å². The third-order valence-corrected chi connectivity index (χ3v) is 3.48. The van der Waals surface area contributed by atoms with Gasteiger partial charge in [0.1, 0.15) is 5.75 Å². The van der Waals surface area contributed by atoms with Gasteiger partial charge in [0, 0.05) is 5.56 Å². The van der Waals surface area contributed by atoms with Gasteiger partial charge in [-0.05, 0) is 36.4 Å². The second-order valence-corrected chi connectivity index (χ2v) is 5.14. The van der Waals surface area contributed by atoms with Crippen molar-refractivity contribution in [2.24, 2.45) is 5.10 Å². The lowest BCUT2D eigenvalue weighted by Gasteiger charge is -2.13. The van der Waals surface area contributed by atoms with Crippen LogP contribution in [0.25, 0.3) is 0 Å². The number of ether oxygens (including phenoxy) is 4. The summed E-state index contributed by atoms with van der Waals surface area (Å²) in [6.45, 7) is -0.216. The number of nitriles is 1. The molecule has 0 atom stereocenters. The Kier molecular flexibility index (Phi) is 7.02. The first-order valence-electron chi connectivity index (χ1n) is 7.86. The zero-order valence-electron chi connectivity index (χ0n) is 15.2. The maximum Gasteiger partial charge on any atom is 0.277 e. The second kappa shape index (κ2) is 9.68. The summed E-state index contributed by atoms with van der Waals surface area (Å²) in [6.07, 6.45) is 1.43. The van der Waals surface area contributed by atoms with E-state index >= 15 is 0 Å². The molecule has 0 aromatic heterocycles. The van der Waals surface area contributed by atoms with E-state index in [1.165, 1.54) is 27.5 Å². The van der Waals surface area contributed by atoms with Crippen molar-refractivity contribution >= 4 is 12.1 Å². The molecule has 0 heterocycles. The molecule has 1 amide bonds. The summed E-state index contributed by atoms with van der Waals surface area (Å²) in [5, 5.41) is 12.6. The molecule has 2 aromatic carbocycles. The number of hydrazone groups is 1. The molecule has 8 heteroatoms. The fourth-order valence-electron chi connectivity index (χ4n) is 2.21. The number of carbonyl (C=O) groups is 1. The topological polar surface area (TPSA) is 102 Å². The van der Waals surface area contributed by atoms with Gasteiger partial charge in [-0.15, -0.1) is 0 Å². The molecule has 0 aliphatic heterocycles. The normalized spacial score (nSPS) is 10.1. The summed E-state index contributed by atoms with van der Waals surface area (Å²) in [4.78, 5) is 11.8. The fourth-order valence-corrected chi connectivity index (χ4v) is 2.21. The van der Waals surface area contributed by atoms with E-state index in [2.05, 4.69) is 10.5 Å². The van der Waals surface area contributed by atoms with Crippen LogP contribution >= 0.6 is 0 Å². The molecule has 27 heavy (non-hydrogen) atoms. The molecular formula is C19H19N3O5. The number of hydrogen-bond donors (Lipinski definition) is 1. The van der Waals surface area contributed by atoms with Gasteiger partial charge >= 0.3 is 0 Å². The third kappa shape index (κ3) is 5.12. The number of hydrogen-bond acceptors (Lipinski definition) is 7. The number of carbonyl (C=O) groups excluding carboxylic acids is 1. The van der Waals surface area contributed by atoms with Crippen LogP contribution in [0.5, 0.6) is 23.0 Å². The predicted molar refractivity (Wildman–Crippen MR) is 98.5 cm³/mol. The minimum atomic E-state index is -0.435. The van der Waals surface area contributed by atoms with E-state index in [4.69, 9.17) is 24.2 Å². The molecule has 0 unspecified atom stereocenters. The van der Waals surface area contributed by atoms with E-state index in [1.54, 1.807) is 36.4 Å². The van der Waals surface area contributed by atoms with Gasteiger partial charge < -0.3 is 18.9 Å². The van der Waals surface area contributed by atoms with Crippen LogP contribution in [-0.2, 0) is 4.79 Å². The first-order chi connectivity index (χ1) is 13.1. The SMILES string of the molecule is COc1ccc(/C=N\NC(=O)COc2ccc(C#N)cc2)c(OC)c1OC. The van der Waals surface area contributed by atoms with Gasteiger partial charge in [-0.3, -0.25) is 4.79 Å². The second-order valence-electron chi connectivity index (χ2n) is 5.14. The van der Waals surface area contributed by atoms with E-state index in [0.717, 1.165) is 0 Å². The van der Waals surface area contributed by atoms with Crippen molar-refractivity contribution in [3.8, 4) is 29.1 Å². The molecule has 8 nitrogen and oxygen atoms in total. The zero-order chi connectivity index (χ0) is 19.6. The Morgan fingerprint density at radius 1 is 1.07 bits per heavy atom. The number of benzene rings is 2. The average molecular weight is 369 g/mol. The molecule has 0 saturated carbocycles. The largest absolute Gasteiger partial charge is 0.493 e. The van der Waals surface area contributed by atoms with Crippen molar-refractivity contribution in [2.75, 3.05) is 27.9 Å². The van der Waals surface area contributed by atoms with Crippen molar-refractivity contribution in [1.82, 2.24) is 5.43 Å². The van der Waals surface area contributed by atoms with Gasteiger partial charge in [0.2, 0.25) is 5.75 Å². The van der Waals surface area contributed by atoms with Crippen molar-refractivity contribution < 1.29 is 23.7 Å². The first-order valence-corrected chi connectivity index (χ1v) is 7.86. The molecule has 0 aliphatic rings. The number of methoxy groups -OCH3 is 3. The molecule has 2 rings (SSSR count). The number of nitrogens with zero attached hydrogens (tertiary/aromatic N) is 2. The van der Waals surface area contributed by atoms with Gasteiger partial charge in [0.15, 0.2) is 18.1 Å². The van der Waals surface area contributed by atoms with Gasteiger partial charge in [0.05, 0.1) is 39.2 Å². The Morgan fingerprint density at radius 2 is 1.78 bits per heavy atom. The van der Waals surface area contributed by atoms with Crippen LogP contribution in [0.1, 0.15) is 11.1 Å². The summed E-state index contributed by atoms with van der Waals surface area (Å²) in [7, 11) is 4.53. The summed E-state index contributed by atoms with van der Waals surface area (Å²) >= 11 is 0. The Bertz CT molecular complexity index is 857. The van der Waals surface area contributed by atoms with Crippen LogP contribution < -0.4 is 24.4 Å². The van der Waals surface area contributed by atoms with Crippen LogP contribution in [-0.4, -0.2) is 40.1 Å². The maximum atomic E-state index is 11.8. The van der Waals surface area contributed by atoms with E-state index in [-0.39, 0.29) is 6.61 Å². The number of rotatable bonds is 8. The van der Waals surface area contributed by atoms with Crippen LogP contribution in [0.4, 0.5) is 0 Å². The van der Waals surface area contributed by atoms with E-state index in [0.29, 0.717) is 34.1 Å². The van der Waals surface area contributed by atoms with Gasteiger partial charge in [-0.25, -0.2) is 5.43 Å². The predicted octanol–water partition coefficient (Wildman–Crippen LogP) is 2.11. The Morgan fingerprint density at radius 3 is 2.37 bits per heavy atom. The van der Waals surface area contributed by atoms with Crippen molar-refractivity contribution in [3.63, 3.8) is 0 Å². The number of amides is 1. The monoisotopic (exact) mass is 369 g/mol. The Hall–Kier alpha value is -3.73. The highest BCUT2D eigenvalue weighted by Crippen LogP contribution is 2.38. The van der Waals surface area contributed by atoms with Crippen LogP contribution in [0, 0.1) is 11.3 Å². The van der Waals surface area contributed by atoms with Crippen LogP contribution in [0.2, 0.25) is 0 Å². The van der Waals surface area contributed by atoms with Crippen molar-refractivity contribution in [1.29, 1.82) is 5.26 Å². The summed E-state index contributed by atoms with van der Waals surface area (Å²) < 4.78 is 21.2. The molecule has 0 fully saturated rings. The lowest BCUT2D eigenvalue weighted by atomic mass is 10.2. The quantitative estimate of drug-likeness (QED) is 0.565. The molecule has 0 spiro atoms. The van der Waals surface area contributed by atoms with E-state index < -0.39 is 5.91 Å². The summed E-state index contributed by atoms with van der Waals surface area (Å²) in [5.74, 6) is 1.43. The Balaban J connectivity index is 1.96. The van der Waals surface area contributed by atoms with Crippen molar-refractivity contribution in [3.05, 3.63) is 47.5 Å². The minimum absolute atomic E-state index is 0.216.